The Hall–Kier alpha value is -2.05. The molecule has 1 N–H and O–H groups in total. The molecule has 3 rings (SSSR count). The van der Waals surface area contributed by atoms with E-state index in [4.69, 9.17) is 11.6 Å². The van der Waals surface area contributed by atoms with Crippen LogP contribution in [0.1, 0.15) is 34.3 Å². The van der Waals surface area contributed by atoms with Crippen molar-refractivity contribution in [2.45, 2.75) is 26.3 Å². The molecule has 0 aromatic heterocycles. The van der Waals surface area contributed by atoms with Gasteiger partial charge in [0, 0.05) is 23.7 Å². The molecule has 26 heavy (non-hydrogen) atoms. The van der Waals surface area contributed by atoms with Crippen molar-refractivity contribution in [2.24, 2.45) is 0 Å². The fraction of sp³-hybridized carbons (Fsp3) is 0.316. The number of hydrogen-bond donors (Lipinski definition) is 1. The van der Waals surface area contributed by atoms with Crippen LogP contribution in [0.4, 0.5) is 5.69 Å². The van der Waals surface area contributed by atoms with Gasteiger partial charge in [-0.25, -0.2) is 8.42 Å². The maximum absolute atomic E-state index is 12.5. The average molecular weight is 393 g/mol. The number of amides is 1. The highest BCUT2D eigenvalue weighted by atomic mass is 35.5. The smallest absolute Gasteiger partial charge is 0.251 e. The van der Waals surface area contributed by atoms with Gasteiger partial charge in [-0.05, 0) is 55.2 Å². The molecule has 1 fully saturated rings. The molecule has 0 unspecified atom stereocenters. The molecule has 7 heteroatoms. The van der Waals surface area contributed by atoms with Gasteiger partial charge in [-0.2, -0.15) is 0 Å². The number of sulfonamides is 1. The van der Waals surface area contributed by atoms with Crippen LogP contribution in [0, 0.1) is 6.92 Å². The lowest BCUT2D eigenvalue weighted by Gasteiger charge is -2.29. The maximum Gasteiger partial charge on any atom is 0.251 e. The maximum atomic E-state index is 12.5. The highest BCUT2D eigenvalue weighted by Gasteiger charge is 2.27. The molecule has 2 aromatic rings. The van der Waals surface area contributed by atoms with E-state index in [1.807, 2.05) is 19.1 Å². The molecule has 0 bridgehead atoms. The fourth-order valence-electron chi connectivity index (χ4n) is 2.97. The SMILES string of the molecule is Cc1ccc(C(=O)NCc2ccc(Cl)cc2)cc1N1CCCCS1(=O)=O. The van der Waals surface area contributed by atoms with E-state index in [0.717, 1.165) is 17.5 Å². The van der Waals surface area contributed by atoms with E-state index in [2.05, 4.69) is 5.32 Å². The number of carbonyl (C=O) groups excluding carboxylic acids is 1. The highest BCUT2D eigenvalue weighted by molar-refractivity contribution is 7.92. The predicted molar refractivity (Wildman–Crippen MR) is 104 cm³/mol. The first kappa shape index (κ1) is 18.7. The van der Waals surface area contributed by atoms with Crippen molar-refractivity contribution < 1.29 is 13.2 Å². The van der Waals surface area contributed by atoms with Gasteiger partial charge >= 0.3 is 0 Å². The van der Waals surface area contributed by atoms with Gasteiger partial charge in [-0.15, -0.1) is 0 Å². The Labute approximate surface area is 159 Å². The third-order valence-electron chi connectivity index (χ3n) is 4.46. The molecule has 0 radical (unpaired) electrons. The van der Waals surface area contributed by atoms with Crippen molar-refractivity contribution >= 4 is 33.2 Å². The number of carbonyl (C=O) groups is 1. The number of benzene rings is 2. The Morgan fingerprint density at radius 2 is 1.88 bits per heavy atom. The summed E-state index contributed by atoms with van der Waals surface area (Å²) in [6.07, 6.45) is 1.50. The third kappa shape index (κ3) is 4.19. The van der Waals surface area contributed by atoms with Crippen molar-refractivity contribution in [3.05, 3.63) is 64.2 Å². The number of nitrogens with zero attached hydrogens (tertiary/aromatic N) is 1. The number of anilines is 1. The van der Waals surface area contributed by atoms with Gasteiger partial charge in [-0.1, -0.05) is 29.8 Å². The molecular formula is C19H21ClN2O3S. The summed E-state index contributed by atoms with van der Waals surface area (Å²) in [4.78, 5) is 12.5. The summed E-state index contributed by atoms with van der Waals surface area (Å²) in [7, 11) is -3.31. The molecule has 1 aliphatic heterocycles. The van der Waals surface area contributed by atoms with E-state index in [0.29, 0.717) is 35.8 Å². The first-order valence-electron chi connectivity index (χ1n) is 8.50. The normalized spacial score (nSPS) is 16.3. The van der Waals surface area contributed by atoms with Crippen molar-refractivity contribution in [3.8, 4) is 0 Å². The Morgan fingerprint density at radius 1 is 1.15 bits per heavy atom. The van der Waals surface area contributed by atoms with Crippen LogP contribution in [-0.2, 0) is 16.6 Å². The first-order valence-corrected chi connectivity index (χ1v) is 10.5. The molecular weight excluding hydrogens is 372 g/mol. The molecule has 0 spiro atoms. The summed E-state index contributed by atoms with van der Waals surface area (Å²) < 4.78 is 26.2. The first-order chi connectivity index (χ1) is 12.4. The molecule has 0 aliphatic carbocycles. The fourth-order valence-corrected chi connectivity index (χ4v) is 4.78. The Kier molecular flexibility index (Phi) is 5.53. The van der Waals surface area contributed by atoms with Crippen LogP contribution < -0.4 is 9.62 Å². The number of nitrogens with one attached hydrogen (secondary N) is 1. The number of halogens is 1. The molecule has 1 saturated heterocycles. The second kappa shape index (κ2) is 7.68. The predicted octanol–water partition coefficient (Wildman–Crippen LogP) is 3.51. The molecule has 1 amide bonds. The minimum Gasteiger partial charge on any atom is -0.348 e. The van der Waals surface area contributed by atoms with Crippen LogP contribution in [0.3, 0.4) is 0 Å². The largest absolute Gasteiger partial charge is 0.348 e. The van der Waals surface area contributed by atoms with Gasteiger partial charge in [0.15, 0.2) is 0 Å². The second-order valence-electron chi connectivity index (χ2n) is 6.41. The summed E-state index contributed by atoms with van der Waals surface area (Å²) in [6.45, 7) is 2.69. The van der Waals surface area contributed by atoms with Gasteiger partial charge in [0.2, 0.25) is 10.0 Å². The van der Waals surface area contributed by atoms with Crippen LogP contribution in [0.15, 0.2) is 42.5 Å². The summed E-state index contributed by atoms with van der Waals surface area (Å²) in [5.74, 6) is -0.0880. The highest BCUT2D eigenvalue weighted by Crippen LogP contribution is 2.28. The average Bonchev–Trinajstić information content (AvgIpc) is 2.61. The summed E-state index contributed by atoms with van der Waals surface area (Å²) in [5, 5.41) is 3.50. The van der Waals surface area contributed by atoms with Crippen LogP contribution in [0.5, 0.6) is 0 Å². The van der Waals surface area contributed by atoms with E-state index in [-0.39, 0.29) is 11.7 Å². The van der Waals surface area contributed by atoms with Crippen molar-refractivity contribution in [3.63, 3.8) is 0 Å². The Bertz CT molecular complexity index is 911. The van der Waals surface area contributed by atoms with Gasteiger partial charge in [0.1, 0.15) is 0 Å². The van der Waals surface area contributed by atoms with Crippen molar-refractivity contribution in [1.82, 2.24) is 5.32 Å². The van der Waals surface area contributed by atoms with Gasteiger partial charge in [0.05, 0.1) is 11.4 Å². The lowest BCUT2D eigenvalue weighted by Crippen LogP contribution is -2.38. The quantitative estimate of drug-likeness (QED) is 0.865. The molecule has 2 aromatic carbocycles. The van der Waals surface area contributed by atoms with E-state index in [9.17, 15) is 13.2 Å². The lowest BCUT2D eigenvalue weighted by molar-refractivity contribution is 0.0951. The molecule has 0 saturated carbocycles. The van der Waals surface area contributed by atoms with Crippen LogP contribution in [-0.4, -0.2) is 26.6 Å². The van der Waals surface area contributed by atoms with Gasteiger partial charge < -0.3 is 5.32 Å². The van der Waals surface area contributed by atoms with Crippen molar-refractivity contribution in [2.75, 3.05) is 16.6 Å². The van der Waals surface area contributed by atoms with Crippen LogP contribution in [0.25, 0.3) is 0 Å². The summed E-state index contributed by atoms with van der Waals surface area (Å²) in [6, 6.07) is 12.4. The number of hydrogen-bond acceptors (Lipinski definition) is 3. The zero-order chi connectivity index (χ0) is 18.7. The van der Waals surface area contributed by atoms with Crippen LogP contribution >= 0.6 is 11.6 Å². The molecule has 5 nitrogen and oxygen atoms in total. The minimum absolute atomic E-state index is 0.152. The van der Waals surface area contributed by atoms with Gasteiger partial charge in [-0.3, -0.25) is 9.10 Å². The summed E-state index contributed by atoms with van der Waals surface area (Å²) in [5.41, 5.74) is 2.81. The Morgan fingerprint density at radius 3 is 2.58 bits per heavy atom. The van der Waals surface area contributed by atoms with Gasteiger partial charge in [0.25, 0.3) is 5.91 Å². The third-order valence-corrected chi connectivity index (χ3v) is 6.56. The molecule has 138 valence electrons. The second-order valence-corrected chi connectivity index (χ2v) is 8.85. The van der Waals surface area contributed by atoms with E-state index in [1.165, 1.54) is 4.31 Å². The number of rotatable bonds is 4. The van der Waals surface area contributed by atoms with Crippen molar-refractivity contribution in [1.29, 1.82) is 0 Å². The zero-order valence-electron chi connectivity index (χ0n) is 14.5. The minimum atomic E-state index is -3.31. The number of aryl methyl sites for hydroxylation is 1. The van der Waals surface area contributed by atoms with E-state index in [1.54, 1.807) is 30.3 Å². The molecule has 1 heterocycles. The lowest BCUT2D eigenvalue weighted by atomic mass is 10.1. The monoisotopic (exact) mass is 392 g/mol. The van der Waals surface area contributed by atoms with E-state index >= 15 is 0 Å². The molecule has 1 aliphatic rings. The standard InChI is InChI=1S/C19H21ClN2O3S/c1-14-4-7-16(12-18(14)22-10-2-3-11-26(22,24)25)19(23)21-13-15-5-8-17(20)9-6-15/h4-9,12H,2-3,10-11,13H2,1H3,(H,21,23). The summed E-state index contributed by atoms with van der Waals surface area (Å²) >= 11 is 5.86. The topological polar surface area (TPSA) is 66.5 Å². The zero-order valence-corrected chi connectivity index (χ0v) is 16.1. The van der Waals surface area contributed by atoms with Crippen LogP contribution in [0.2, 0.25) is 5.02 Å². The Balaban J connectivity index is 1.78. The van der Waals surface area contributed by atoms with E-state index < -0.39 is 10.0 Å². The molecule has 0 atom stereocenters.